The molecule has 0 aromatic carbocycles. The summed E-state index contributed by atoms with van der Waals surface area (Å²) in [6.07, 6.45) is 6.05. The van der Waals surface area contributed by atoms with Gasteiger partial charge in [0.05, 0.1) is 5.60 Å². The van der Waals surface area contributed by atoms with Crippen LogP contribution in [0.4, 0.5) is 0 Å². The Labute approximate surface area is 89.4 Å². The van der Waals surface area contributed by atoms with Gasteiger partial charge < -0.3 is 10.1 Å². The summed E-state index contributed by atoms with van der Waals surface area (Å²) in [6, 6.07) is 0. The van der Waals surface area contributed by atoms with Gasteiger partial charge in [0.15, 0.2) is 0 Å². The Hall–Kier alpha value is -0.0800. The van der Waals surface area contributed by atoms with Crippen LogP contribution in [-0.4, -0.2) is 25.8 Å². The molecule has 0 radical (unpaired) electrons. The molecule has 0 bridgehead atoms. The molecule has 1 fully saturated rings. The maximum Gasteiger partial charge on any atom is 0.0702 e. The molecule has 14 heavy (non-hydrogen) atoms. The van der Waals surface area contributed by atoms with Gasteiger partial charge >= 0.3 is 0 Å². The smallest absolute Gasteiger partial charge is 0.0702 e. The Morgan fingerprint density at radius 2 is 1.64 bits per heavy atom. The fourth-order valence-electron chi connectivity index (χ4n) is 1.89. The molecule has 1 aliphatic rings. The van der Waals surface area contributed by atoms with Crippen molar-refractivity contribution in [3.05, 3.63) is 0 Å². The van der Waals surface area contributed by atoms with Gasteiger partial charge in [0, 0.05) is 7.11 Å². The Bertz CT molecular complexity index is 114. The molecule has 1 saturated heterocycles. The van der Waals surface area contributed by atoms with Crippen molar-refractivity contribution in [3.63, 3.8) is 0 Å². The van der Waals surface area contributed by atoms with Crippen LogP contribution in [0.15, 0.2) is 0 Å². The van der Waals surface area contributed by atoms with Gasteiger partial charge in [0.25, 0.3) is 0 Å². The van der Waals surface area contributed by atoms with Crippen LogP contribution in [0.1, 0.15) is 52.9 Å². The van der Waals surface area contributed by atoms with Crippen LogP contribution in [0.3, 0.4) is 0 Å². The lowest BCUT2D eigenvalue weighted by molar-refractivity contribution is -0.0407. The highest BCUT2D eigenvalue weighted by molar-refractivity contribution is 4.85. The zero-order valence-corrected chi connectivity index (χ0v) is 10.4. The first kappa shape index (κ1) is 13.9. The summed E-state index contributed by atoms with van der Waals surface area (Å²) in [5, 5.41) is 3.35. The third kappa shape index (κ3) is 4.97. The molecule has 1 aliphatic heterocycles. The summed E-state index contributed by atoms with van der Waals surface area (Å²) in [5.41, 5.74) is 0.208. The highest BCUT2D eigenvalue weighted by atomic mass is 16.5. The van der Waals surface area contributed by atoms with Crippen molar-refractivity contribution in [2.45, 2.75) is 58.5 Å². The van der Waals surface area contributed by atoms with Crippen molar-refractivity contribution >= 4 is 0 Å². The minimum atomic E-state index is 0.208. The number of nitrogens with one attached hydrogen (secondary N) is 1. The molecule has 0 amide bonds. The van der Waals surface area contributed by atoms with Crippen molar-refractivity contribution in [1.82, 2.24) is 5.32 Å². The quantitative estimate of drug-likeness (QED) is 0.758. The maximum absolute atomic E-state index is 5.58. The molecule has 2 heteroatoms. The number of ether oxygens (including phenoxy) is 1. The highest BCUT2D eigenvalue weighted by Gasteiger charge is 2.30. The van der Waals surface area contributed by atoms with E-state index in [1.807, 2.05) is 7.11 Å². The number of hydrogen-bond acceptors (Lipinski definition) is 2. The van der Waals surface area contributed by atoms with Crippen LogP contribution >= 0.6 is 0 Å². The summed E-state index contributed by atoms with van der Waals surface area (Å²) in [4.78, 5) is 0. The van der Waals surface area contributed by atoms with Gasteiger partial charge in [-0.1, -0.05) is 33.6 Å². The van der Waals surface area contributed by atoms with Crippen LogP contribution in [0, 0.1) is 0 Å². The van der Waals surface area contributed by atoms with E-state index in [1.54, 1.807) is 0 Å². The maximum atomic E-state index is 5.58. The van der Waals surface area contributed by atoms with Crippen molar-refractivity contribution in [2.24, 2.45) is 0 Å². The van der Waals surface area contributed by atoms with E-state index < -0.39 is 0 Å². The Kier molecular flexibility index (Phi) is 8.20. The number of hydrogen-bond donors (Lipinski definition) is 1. The van der Waals surface area contributed by atoms with Gasteiger partial charge in [-0.05, 0) is 32.4 Å². The molecule has 86 valence electrons. The number of rotatable bonds is 3. The van der Waals surface area contributed by atoms with Crippen LogP contribution in [0.25, 0.3) is 0 Å². The van der Waals surface area contributed by atoms with E-state index >= 15 is 0 Å². The van der Waals surface area contributed by atoms with Crippen molar-refractivity contribution in [3.8, 4) is 0 Å². The van der Waals surface area contributed by atoms with Crippen LogP contribution in [-0.2, 0) is 4.74 Å². The van der Waals surface area contributed by atoms with Crippen LogP contribution < -0.4 is 5.32 Å². The molecule has 2 nitrogen and oxygen atoms in total. The predicted octanol–water partition coefficient (Wildman–Crippen LogP) is 2.97. The van der Waals surface area contributed by atoms with Crippen LogP contribution in [0.2, 0.25) is 0 Å². The van der Waals surface area contributed by atoms with E-state index in [1.165, 1.54) is 32.1 Å². The lowest BCUT2D eigenvalue weighted by Crippen LogP contribution is -2.43. The first-order valence-electron chi connectivity index (χ1n) is 6.00. The lowest BCUT2D eigenvalue weighted by Gasteiger charge is -2.36. The van der Waals surface area contributed by atoms with Gasteiger partial charge in [-0.3, -0.25) is 0 Å². The molecule has 1 heterocycles. The first-order chi connectivity index (χ1) is 6.74. The summed E-state index contributed by atoms with van der Waals surface area (Å²) in [6.45, 7) is 8.71. The van der Waals surface area contributed by atoms with E-state index in [0.29, 0.717) is 0 Å². The molecule has 0 saturated carbocycles. The summed E-state index contributed by atoms with van der Waals surface area (Å²) >= 11 is 0. The monoisotopic (exact) mass is 201 g/mol. The topological polar surface area (TPSA) is 21.3 Å². The van der Waals surface area contributed by atoms with Crippen molar-refractivity contribution < 1.29 is 4.74 Å². The average Bonchev–Trinajstić information content (AvgIpc) is 2.21. The molecule has 1 N–H and O–H groups in total. The van der Waals surface area contributed by atoms with E-state index in [4.69, 9.17) is 4.74 Å². The second kappa shape index (κ2) is 8.25. The van der Waals surface area contributed by atoms with E-state index in [9.17, 15) is 0 Å². The molecule has 1 rings (SSSR count). The second-order valence-corrected chi connectivity index (χ2v) is 4.09. The molecule has 0 atom stereocenters. The summed E-state index contributed by atoms with van der Waals surface area (Å²) < 4.78 is 5.58. The third-order valence-corrected chi connectivity index (χ3v) is 2.65. The van der Waals surface area contributed by atoms with E-state index in [2.05, 4.69) is 26.1 Å². The first-order valence-corrected chi connectivity index (χ1v) is 6.00. The fraction of sp³-hybridized carbons (Fsp3) is 1.00. The molecule has 0 spiro atoms. The fourth-order valence-corrected chi connectivity index (χ4v) is 1.89. The Morgan fingerprint density at radius 1 is 1.14 bits per heavy atom. The summed E-state index contributed by atoms with van der Waals surface area (Å²) in [5.74, 6) is 0. The molecule has 0 aromatic heterocycles. The van der Waals surface area contributed by atoms with Gasteiger partial charge in [0.1, 0.15) is 0 Å². The van der Waals surface area contributed by atoms with E-state index in [0.717, 1.165) is 13.1 Å². The minimum absolute atomic E-state index is 0.208. The standard InChI is InChI=1S/C9H19NO.C3H8/c1-3-4-9(11-2)5-7-10-8-6-9;1-3-2/h10H,3-8H2,1-2H3;3H2,1-2H3. The van der Waals surface area contributed by atoms with Gasteiger partial charge in [0.2, 0.25) is 0 Å². The van der Waals surface area contributed by atoms with Gasteiger partial charge in [-0.15, -0.1) is 0 Å². The minimum Gasteiger partial charge on any atom is -0.378 e. The molecule has 0 aliphatic carbocycles. The Balaban J connectivity index is 0.000000500. The van der Waals surface area contributed by atoms with E-state index in [-0.39, 0.29) is 5.60 Å². The number of methoxy groups -OCH3 is 1. The lowest BCUT2D eigenvalue weighted by atomic mass is 9.88. The molecular weight excluding hydrogens is 174 g/mol. The number of piperidine rings is 1. The molecule has 0 unspecified atom stereocenters. The van der Waals surface area contributed by atoms with Crippen molar-refractivity contribution in [1.29, 1.82) is 0 Å². The summed E-state index contributed by atoms with van der Waals surface area (Å²) in [7, 11) is 1.85. The zero-order chi connectivity index (χ0) is 10.9. The van der Waals surface area contributed by atoms with Gasteiger partial charge in [-0.2, -0.15) is 0 Å². The normalized spacial score (nSPS) is 19.7. The Morgan fingerprint density at radius 3 is 2.00 bits per heavy atom. The van der Waals surface area contributed by atoms with Crippen LogP contribution in [0.5, 0.6) is 0 Å². The molecule has 0 aromatic rings. The zero-order valence-electron chi connectivity index (χ0n) is 10.4. The third-order valence-electron chi connectivity index (χ3n) is 2.65. The highest BCUT2D eigenvalue weighted by Crippen LogP contribution is 2.27. The SMILES string of the molecule is CCC.CCCC1(OC)CCNCC1. The largest absolute Gasteiger partial charge is 0.378 e. The van der Waals surface area contributed by atoms with Crippen molar-refractivity contribution in [2.75, 3.05) is 20.2 Å². The second-order valence-electron chi connectivity index (χ2n) is 4.09. The molecular formula is C12H27NO. The van der Waals surface area contributed by atoms with Gasteiger partial charge in [-0.25, -0.2) is 0 Å². The predicted molar refractivity (Wildman–Crippen MR) is 62.7 cm³/mol. The average molecular weight is 201 g/mol.